The van der Waals surface area contributed by atoms with Crippen LogP contribution in [0, 0.1) is 0 Å². The number of aromatic carboxylic acids is 1. The van der Waals surface area contributed by atoms with E-state index in [0.29, 0.717) is 12.2 Å². The number of aromatic nitrogens is 2. The Morgan fingerprint density at radius 1 is 1.67 bits per heavy atom. The molecule has 0 aliphatic carbocycles. The average Bonchev–Trinajstić information content (AvgIpc) is 2.18. The van der Waals surface area contributed by atoms with Gasteiger partial charge in [0.2, 0.25) is 0 Å². The lowest BCUT2D eigenvalue weighted by molar-refractivity contribution is 0.0684. The number of nitrogens with zero attached hydrogens (tertiary/aromatic N) is 2. The molecule has 1 N–H and O–H groups in total. The topological polar surface area (TPSA) is 72.3 Å². The van der Waals surface area contributed by atoms with Crippen LogP contribution >= 0.6 is 11.6 Å². The van der Waals surface area contributed by atoms with Crippen molar-refractivity contribution in [3.63, 3.8) is 0 Å². The highest BCUT2D eigenvalue weighted by Gasteiger charge is 2.16. The van der Waals surface area contributed by atoms with Gasteiger partial charge in [0, 0.05) is 13.2 Å². The molecular weight excluding hydrogens is 220 g/mol. The van der Waals surface area contributed by atoms with Crippen molar-refractivity contribution in [2.24, 2.45) is 0 Å². The second kappa shape index (κ2) is 5.04. The summed E-state index contributed by atoms with van der Waals surface area (Å²) in [5, 5.41) is 8.88. The van der Waals surface area contributed by atoms with Crippen molar-refractivity contribution in [1.29, 1.82) is 0 Å². The molecule has 1 unspecified atom stereocenters. The first-order chi connectivity index (χ1) is 7.08. The Bertz CT molecular complexity index is 366. The van der Waals surface area contributed by atoms with Crippen LogP contribution in [0.25, 0.3) is 0 Å². The van der Waals surface area contributed by atoms with Crippen molar-refractivity contribution in [2.75, 3.05) is 7.11 Å². The monoisotopic (exact) mass is 230 g/mol. The Morgan fingerprint density at radius 2 is 2.33 bits per heavy atom. The van der Waals surface area contributed by atoms with Gasteiger partial charge >= 0.3 is 5.97 Å². The standard InChI is InChI=1S/C9H11ClN2O3/c1-3-6(15-2)8-11-5(9(13)14)4-7(10)12-8/h4,6H,3H2,1-2H3,(H,13,14). The van der Waals surface area contributed by atoms with Gasteiger partial charge in [0.25, 0.3) is 0 Å². The van der Waals surface area contributed by atoms with Gasteiger partial charge in [0.15, 0.2) is 11.5 Å². The van der Waals surface area contributed by atoms with Crippen LogP contribution < -0.4 is 0 Å². The molecular formula is C9H11ClN2O3. The van der Waals surface area contributed by atoms with Crippen LogP contribution in [0.5, 0.6) is 0 Å². The van der Waals surface area contributed by atoms with Gasteiger partial charge < -0.3 is 9.84 Å². The number of ether oxygens (including phenoxy) is 1. The Labute approximate surface area is 92.1 Å². The summed E-state index contributed by atoms with van der Waals surface area (Å²) in [6.07, 6.45) is 0.317. The van der Waals surface area contributed by atoms with Gasteiger partial charge in [-0.3, -0.25) is 0 Å². The molecule has 0 fully saturated rings. The number of carbonyl (C=O) groups is 1. The fraction of sp³-hybridized carbons (Fsp3) is 0.444. The molecule has 1 atom stereocenters. The van der Waals surface area contributed by atoms with E-state index >= 15 is 0 Å². The van der Waals surface area contributed by atoms with E-state index in [1.54, 1.807) is 0 Å². The fourth-order valence-electron chi connectivity index (χ4n) is 1.14. The highest BCUT2D eigenvalue weighted by Crippen LogP contribution is 2.18. The van der Waals surface area contributed by atoms with Gasteiger partial charge in [-0.05, 0) is 6.42 Å². The molecule has 82 valence electrons. The lowest BCUT2D eigenvalue weighted by Gasteiger charge is -2.11. The molecule has 0 amide bonds. The van der Waals surface area contributed by atoms with Crippen molar-refractivity contribution in [1.82, 2.24) is 9.97 Å². The predicted octanol–water partition coefficient (Wildman–Crippen LogP) is 1.93. The third kappa shape index (κ3) is 2.87. The van der Waals surface area contributed by atoms with Gasteiger partial charge in [-0.2, -0.15) is 0 Å². The fourth-order valence-corrected chi connectivity index (χ4v) is 1.33. The van der Waals surface area contributed by atoms with Crippen molar-refractivity contribution in [3.8, 4) is 0 Å². The molecule has 1 aromatic heterocycles. The molecule has 0 aliphatic rings. The number of carboxylic acids is 1. The van der Waals surface area contributed by atoms with Crippen molar-refractivity contribution < 1.29 is 14.6 Å². The Hall–Kier alpha value is -1.20. The van der Waals surface area contributed by atoms with Crippen LogP contribution in [-0.2, 0) is 4.74 Å². The van der Waals surface area contributed by atoms with Gasteiger partial charge in [-0.1, -0.05) is 18.5 Å². The van der Waals surface area contributed by atoms with Crippen molar-refractivity contribution >= 4 is 17.6 Å². The third-order valence-electron chi connectivity index (χ3n) is 1.87. The van der Waals surface area contributed by atoms with Crippen LogP contribution in [0.1, 0.15) is 35.8 Å². The van der Waals surface area contributed by atoms with E-state index in [9.17, 15) is 4.79 Å². The maximum absolute atomic E-state index is 10.7. The first-order valence-electron chi connectivity index (χ1n) is 4.39. The normalized spacial score (nSPS) is 12.5. The van der Waals surface area contributed by atoms with Crippen LogP contribution in [-0.4, -0.2) is 28.2 Å². The van der Waals surface area contributed by atoms with E-state index in [2.05, 4.69) is 9.97 Å². The number of hydrogen-bond acceptors (Lipinski definition) is 4. The molecule has 15 heavy (non-hydrogen) atoms. The summed E-state index contributed by atoms with van der Waals surface area (Å²) in [6.45, 7) is 1.89. The first-order valence-corrected chi connectivity index (χ1v) is 4.76. The van der Waals surface area contributed by atoms with Gasteiger partial charge in [0.1, 0.15) is 11.3 Å². The summed E-state index contributed by atoms with van der Waals surface area (Å²) in [6, 6.07) is 1.20. The SMILES string of the molecule is CCC(OC)c1nc(Cl)cc(C(=O)O)n1. The summed E-state index contributed by atoms with van der Waals surface area (Å²) in [7, 11) is 1.51. The molecule has 0 saturated heterocycles. The lowest BCUT2D eigenvalue weighted by atomic mass is 10.2. The molecule has 0 aliphatic heterocycles. The minimum Gasteiger partial charge on any atom is -0.477 e. The molecule has 0 aromatic carbocycles. The molecule has 0 radical (unpaired) electrons. The quantitative estimate of drug-likeness (QED) is 0.800. The number of hydrogen-bond donors (Lipinski definition) is 1. The van der Waals surface area contributed by atoms with Crippen molar-refractivity contribution in [3.05, 3.63) is 22.7 Å². The smallest absolute Gasteiger partial charge is 0.354 e. The largest absolute Gasteiger partial charge is 0.477 e. The third-order valence-corrected chi connectivity index (χ3v) is 2.07. The zero-order chi connectivity index (χ0) is 11.4. The van der Waals surface area contributed by atoms with Gasteiger partial charge in [-0.15, -0.1) is 0 Å². The van der Waals surface area contributed by atoms with E-state index in [-0.39, 0.29) is 17.0 Å². The molecule has 0 spiro atoms. The highest BCUT2D eigenvalue weighted by atomic mass is 35.5. The Morgan fingerprint density at radius 3 is 2.80 bits per heavy atom. The minimum absolute atomic E-state index is 0.105. The minimum atomic E-state index is -1.13. The van der Waals surface area contributed by atoms with Gasteiger partial charge in [0.05, 0.1) is 0 Å². The predicted molar refractivity (Wildman–Crippen MR) is 54.0 cm³/mol. The van der Waals surface area contributed by atoms with E-state index in [4.69, 9.17) is 21.4 Å². The van der Waals surface area contributed by atoms with Crippen molar-refractivity contribution in [2.45, 2.75) is 19.4 Å². The van der Waals surface area contributed by atoms with E-state index in [1.807, 2.05) is 6.92 Å². The van der Waals surface area contributed by atoms with Crippen LogP contribution in [0.2, 0.25) is 5.15 Å². The Kier molecular flexibility index (Phi) is 3.99. The molecule has 5 nitrogen and oxygen atoms in total. The maximum Gasteiger partial charge on any atom is 0.354 e. The van der Waals surface area contributed by atoms with Crippen LogP contribution in [0.15, 0.2) is 6.07 Å². The van der Waals surface area contributed by atoms with E-state index in [0.717, 1.165) is 0 Å². The molecule has 1 aromatic rings. The van der Waals surface area contributed by atoms with Gasteiger partial charge in [-0.25, -0.2) is 14.8 Å². The molecule has 0 bridgehead atoms. The average molecular weight is 231 g/mol. The van der Waals surface area contributed by atoms with E-state index in [1.165, 1.54) is 13.2 Å². The molecule has 1 heterocycles. The maximum atomic E-state index is 10.7. The molecule has 0 saturated carbocycles. The van der Waals surface area contributed by atoms with E-state index < -0.39 is 5.97 Å². The van der Waals surface area contributed by atoms with Crippen LogP contribution in [0.4, 0.5) is 0 Å². The number of carboxylic acid groups (broad SMARTS) is 1. The summed E-state index contributed by atoms with van der Waals surface area (Å²) in [5.41, 5.74) is -0.125. The first kappa shape index (κ1) is 11.9. The second-order valence-corrected chi connectivity index (χ2v) is 3.26. The van der Waals surface area contributed by atoms with Crippen LogP contribution in [0.3, 0.4) is 0 Å². The zero-order valence-corrected chi connectivity index (χ0v) is 9.15. The summed E-state index contributed by atoms with van der Waals surface area (Å²) in [4.78, 5) is 18.5. The summed E-state index contributed by atoms with van der Waals surface area (Å²) < 4.78 is 5.10. The number of halogens is 1. The summed E-state index contributed by atoms with van der Waals surface area (Å²) in [5.74, 6) is -0.837. The second-order valence-electron chi connectivity index (χ2n) is 2.87. The molecule has 6 heteroatoms. The summed E-state index contributed by atoms with van der Waals surface area (Å²) >= 11 is 5.68. The molecule has 1 rings (SSSR count). The Balaban J connectivity index is 3.13. The number of methoxy groups -OCH3 is 1. The zero-order valence-electron chi connectivity index (χ0n) is 8.40. The lowest BCUT2D eigenvalue weighted by Crippen LogP contribution is -2.10. The highest BCUT2D eigenvalue weighted by molar-refractivity contribution is 6.29. The number of rotatable bonds is 4.